The summed E-state index contributed by atoms with van der Waals surface area (Å²) in [6.07, 6.45) is 3.66. The molecule has 164 valence electrons. The van der Waals surface area contributed by atoms with Crippen molar-refractivity contribution in [2.24, 2.45) is 0 Å². The first-order valence-electron chi connectivity index (χ1n) is 10.5. The average molecular weight is 416 g/mol. The number of benzene rings is 1. The molecule has 1 saturated heterocycles. The fourth-order valence-corrected chi connectivity index (χ4v) is 3.90. The lowest BCUT2D eigenvalue weighted by Crippen LogP contribution is -2.54. The molecule has 1 fully saturated rings. The number of ether oxygens (including phenoxy) is 3. The van der Waals surface area contributed by atoms with Crippen molar-refractivity contribution in [1.29, 1.82) is 0 Å². The lowest BCUT2D eigenvalue weighted by Gasteiger charge is -2.44. The second kappa shape index (κ2) is 12.0. The highest BCUT2D eigenvalue weighted by Gasteiger charge is 2.33. The van der Waals surface area contributed by atoms with Crippen molar-refractivity contribution in [1.82, 2.24) is 9.71 Å². The number of carbonyl (C=O) groups is 2. The standard InChI is InChI=1S/C22H33BN2O5/c1-16(2)25(19-8-7-18(10-11-26)24(23)15-19)22(27)17-6-9-20(29-4)21(14-17)30-13-5-12-28-3/h6,9,11,14,16,18-19H,5,7-8,10,12-13,15H2,1-4H3/t18-,19?/m0/s1. The van der Waals surface area contributed by atoms with Crippen LogP contribution >= 0.6 is 0 Å². The Hall–Kier alpha value is -2.06. The van der Waals surface area contributed by atoms with E-state index in [0.29, 0.717) is 43.2 Å². The smallest absolute Gasteiger partial charge is 0.254 e. The first-order valence-corrected chi connectivity index (χ1v) is 10.5. The highest BCUT2D eigenvalue weighted by atomic mass is 16.5. The molecule has 1 heterocycles. The molecule has 0 N–H and O–H groups in total. The minimum Gasteiger partial charge on any atom is -0.493 e. The van der Waals surface area contributed by atoms with Crippen LogP contribution in [0.1, 0.15) is 49.9 Å². The van der Waals surface area contributed by atoms with E-state index in [1.165, 1.54) is 0 Å². The second-order valence-electron chi connectivity index (χ2n) is 7.85. The minimum absolute atomic E-state index is 0.00620. The maximum absolute atomic E-state index is 13.4. The molecule has 1 aliphatic rings. The molecule has 0 bridgehead atoms. The quantitative estimate of drug-likeness (QED) is 0.314. The minimum atomic E-state index is -0.0679. The highest BCUT2D eigenvalue weighted by molar-refractivity contribution is 6.04. The molecule has 2 rings (SSSR count). The van der Waals surface area contributed by atoms with Gasteiger partial charge in [-0.3, -0.25) is 4.79 Å². The predicted molar refractivity (Wildman–Crippen MR) is 116 cm³/mol. The Morgan fingerprint density at radius 2 is 2.03 bits per heavy atom. The molecule has 1 aromatic carbocycles. The van der Waals surface area contributed by atoms with Crippen molar-refractivity contribution in [2.45, 2.75) is 57.7 Å². The normalized spacial score (nSPS) is 19.5. The zero-order valence-corrected chi connectivity index (χ0v) is 18.5. The summed E-state index contributed by atoms with van der Waals surface area (Å²) < 4.78 is 16.3. The molecular weight excluding hydrogens is 383 g/mol. The van der Waals surface area contributed by atoms with Crippen LogP contribution in [0, 0.1) is 0 Å². The zero-order chi connectivity index (χ0) is 22.1. The number of amides is 1. The van der Waals surface area contributed by atoms with Crippen molar-refractivity contribution >= 4 is 20.2 Å². The number of aldehydes is 1. The van der Waals surface area contributed by atoms with E-state index in [0.717, 1.165) is 25.5 Å². The van der Waals surface area contributed by atoms with E-state index in [2.05, 4.69) is 0 Å². The number of piperidine rings is 1. The fourth-order valence-electron chi connectivity index (χ4n) is 3.90. The van der Waals surface area contributed by atoms with Crippen LogP contribution in [0.25, 0.3) is 0 Å². The van der Waals surface area contributed by atoms with Crippen molar-refractivity contribution in [3.8, 4) is 11.5 Å². The first kappa shape index (κ1) is 24.2. The Kier molecular flexibility index (Phi) is 9.65. The number of hydrogen-bond acceptors (Lipinski definition) is 6. The average Bonchev–Trinajstić information content (AvgIpc) is 2.73. The van der Waals surface area contributed by atoms with Gasteiger partial charge in [-0.15, -0.1) is 0 Å². The number of rotatable bonds is 11. The Morgan fingerprint density at radius 1 is 1.27 bits per heavy atom. The summed E-state index contributed by atoms with van der Waals surface area (Å²) >= 11 is 0. The van der Waals surface area contributed by atoms with E-state index in [9.17, 15) is 9.59 Å². The molecule has 7 nitrogen and oxygen atoms in total. The zero-order valence-electron chi connectivity index (χ0n) is 18.5. The van der Waals surface area contributed by atoms with E-state index in [1.807, 2.05) is 18.7 Å². The van der Waals surface area contributed by atoms with Gasteiger partial charge in [0.2, 0.25) is 0 Å². The van der Waals surface area contributed by atoms with Gasteiger partial charge in [0.05, 0.1) is 13.7 Å². The van der Waals surface area contributed by atoms with Gasteiger partial charge in [0.25, 0.3) is 5.91 Å². The molecule has 1 amide bonds. The number of hydrogen-bond donors (Lipinski definition) is 0. The van der Waals surface area contributed by atoms with Crippen LogP contribution in [0.4, 0.5) is 0 Å². The molecule has 2 radical (unpaired) electrons. The summed E-state index contributed by atoms with van der Waals surface area (Å²) in [7, 11) is 9.39. The third-order valence-corrected chi connectivity index (χ3v) is 5.44. The third kappa shape index (κ3) is 6.22. The highest BCUT2D eigenvalue weighted by Crippen LogP contribution is 2.30. The van der Waals surface area contributed by atoms with Crippen LogP contribution in [0.15, 0.2) is 18.2 Å². The maximum atomic E-state index is 13.4. The molecule has 2 atom stereocenters. The van der Waals surface area contributed by atoms with Gasteiger partial charge >= 0.3 is 0 Å². The van der Waals surface area contributed by atoms with E-state index in [1.54, 1.807) is 37.2 Å². The number of carbonyl (C=O) groups excluding carboxylic acids is 2. The van der Waals surface area contributed by atoms with Gasteiger partial charge in [0, 0.05) is 56.8 Å². The van der Waals surface area contributed by atoms with Gasteiger partial charge in [0.1, 0.15) is 6.29 Å². The molecule has 1 aliphatic heterocycles. The number of nitrogens with zero attached hydrogens (tertiary/aromatic N) is 2. The van der Waals surface area contributed by atoms with Gasteiger partial charge in [0.15, 0.2) is 19.5 Å². The van der Waals surface area contributed by atoms with Crippen LogP contribution in [0.3, 0.4) is 0 Å². The molecule has 30 heavy (non-hydrogen) atoms. The molecule has 0 spiro atoms. The maximum Gasteiger partial charge on any atom is 0.254 e. The Bertz CT molecular complexity index is 700. The molecular formula is C22H33BN2O5. The van der Waals surface area contributed by atoms with E-state index in [4.69, 9.17) is 22.2 Å². The van der Waals surface area contributed by atoms with Crippen LogP contribution < -0.4 is 9.47 Å². The summed E-state index contributed by atoms with van der Waals surface area (Å²) in [5, 5.41) is 0. The van der Waals surface area contributed by atoms with E-state index >= 15 is 0 Å². The molecule has 0 aromatic heterocycles. The van der Waals surface area contributed by atoms with Gasteiger partial charge in [-0.2, -0.15) is 0 Å². The van der Waals surface area contributed by atoms with Crippen molar-refractivity contribution in [3.63, 3.8) is 0 Å². The van der Waals surface area contributed by atoms with Crippen LogP contribution in [-0.4, -0.2) is 82.0 Å². The second-order valence-corrected chi connectivity index (χ2v) is 7.85. The Morgan fingerprint density at radius 3 is 2.63 bits per heavy atom. The lowest BCUT2D eigenvalue weighted by molar-refractivity contribution is -0.108. The Balaban J connectivity index is 2.17. The summed E-state index contributed by atoms with van der Waals surface area (Å²) in [6.45, 7) is 5.62. The lowest BCUT2D eigenvalue weighted by atomic mass is 9.91. The van der Waals surface area contributed by atoms with Crippen molar-refractivity contribution < 1.29 is 23.8 Å². The van der Waals surface area contributed by atoms with Crippen molar-refractivity contribution in [3.05, 3.63) is 23.8 Å². The summed E-state index contributed by atoms with van der Waals surface area (Å²) in [4.78, 5) is 27.9. The van der Waals surface area contributed by atoms with E-state index in [-0.39, 0.29) is 24.0 Å². The molecule has 0 saturated carbocycles. The SMILES string of the molecule is [B]N1CC(N(C(=O)c2ccc(OC)c(OCCCOC)c2)C(C)C)CC[C@H]1CC=O. The summed E-state index contributed by atoms with van der Waals surface area (Å²) in [5.74, 6) is 1.06. The van der Waals surface area contributed by atoms with Gasteiger partial charge < -0.3 is 28.7 Å². The number of methoxy groups -OCH3 is 2. The fraction of sp³-hybridized carbons (Fsp3) is 0.636. The first-order chi connectivity index (χ1) is 14.4. The van der Waals surface area contributed by atoms with E-state index < -0.39 is 0 Å². The molecule has 0 aliphatic carbocycles. The van der Waals surface area contributed by atoms with Crippen LogP contribution in [0.5, 0.6) is 11.5 Å². The molecule has 1 unspecified atom stereocenters. The van der Waals surface area contributed by atoms with Crippen LogP contribution in [-0.2, 0) is 9.53 Å². The monoisotopic (exact) mass is 416 g/mol. The molecule has 8 heteroatoms. The predicted octanol–water partition coefficient (Wildman–Crippen LogP) is 2.47. The largest absolute Gasteiger partial charge is 0.493 e. The molecule has 1 aromatic rings. The van der Waals surface area contributed by atoms with Gasteiger partial charge in [-0.25, -0.2) is 0 Å². The van der Waals surface area contributed by atoms with Crippen molar-refractivity contribution in [2.75, 3.05) is 34.0 Å². The third-order valence-electron chi connectivity index (χ3n) is 5.44. The summed E-state index contributed by atoms with van der Waals surface area (Å²) in [6, 6.07) is 5.28. The van der Waals surface area contributed by atoms with Gasteiger partial charge in [-0.1, -0.05) is 0 Å². The topological polar surface area (TPSA) is 68.3 Å². The Labute approximate surface area is 181 Å². The summed E-state index contributed by atoms with van der Waals surface area (Å²) in [5.41, 5.74) is 0.546. The van der Waals surface area contributed by atoms with Gasteiger partial charge in [-0.05, 0) is 44.9 Å². The van der Waals surface area contributed by atoms with Crippen LogP contribution in [0.2, 0.25) is 0 Å².